The number of ether oxygens (including phenoxy) is 2. The second-order valence-electron chi connectivity index (χ2n) is 5.21. The number of halogens is 1. The topological polar surface area (TPSA) is 48.4 Å². The van der Waals surface area contributed by atoms with E-state index in [1.165, 1.54) is 24.2 Å². The summed E-state index contributed by atoms with van der Waals surface area (Å²) in [6, 6.07) is 5.07. The Hall–Kier alpha value is -1.59. The van der Waals surface area contributed by atoms with Crippen LogP contribution in [-0.4, -0.2) is 17.1 Å². The third-order valence-electron chi connectivity index (χ3n) is 3.59. The Morgan fingerprint density at radius 1 is 1.36 bits per heavy atom. The van der Waals surface area contributed by atoms with E-state index in [9.17, 15) is 4.79 Å². The van der Waals surface area contributed by atoms with Gasteiger partial charge in [-0.15, -0.1) is 11.3 Å². The second-order valence-corrected chi connectivity index (χ2v) is 6.62. The zero-order valence-electron chi connectivity index (χ0n) is 12.0. The smallest absolute Gasteiger partial charge is 0.342 e. The molecule has 1 fully saturated rings. The van der Waals surface area contributed by atoms with Crippen molar-refractivity contribution in [1.29, 1.82) is 0 Å². The first-order valence-electron chi connectivity index (χ1n) is 7.23. The van der Waals surface area contributed by atoms with Gasteiger partial charge in [0.1, 0.15) is 17.9 Å². The molecule has 1 heterocycles. The summed E-state index contributed by atoms with van der Waals surface area (Å²) < 4.78 is 11.3. The van der Waals surface area contributed by atoms with E-state index >= 15 is 0 Å². The molecular weight excluding hydrogens is 322 g/mol. The number of thiazole rings is 1. The van der Waals surface area contributed by atoms with Gasteiger partial charge in [0.15, 0.2) is 0 Å². The molecule has 1 aromatic carbocycles. The summed E-state index contributed by atoms with van der Waals surface area (Å²) in [4.78, 5) is 17.2. The number of hydrogen-bond acceptors (Lipinski definition) is 5. The number of carbonyl (C=O) groups excluding carboxylic acids is 1. The van der Waals surface area contributed by atoms with Gasteiger partial charge >= 0.3 is 5.97 Å². The predicted molar refractivity (Wildman–Crippen MR) is 85.6 cm³/mol. The molecule has 22 heavy (non-hydrogen) atoms. The number of benzene rings is 1. The molecule has 6 heteroatoms. The minimum absolute atomic E-state index is 0.175. The normalized spacial score (nSPS) is 15.0. The van der Waals surface area contributed by atoms with Gasteiger partial charge in [-0.05, 0) is 43.9 Å². The predicted octanol–water partition coefficient (Wildman–Crippen LogP) is 4.47. The quantitative estimate of drug-likeness (QED) is 0.755. The molecule has 3 rings (SSSR count). The van der Waals surface area contributed by atoms with Crippen LogP contribution >= 0.6 is 22.9 Å². The Balaban J connectivity index is 1.72. The molecular formula is C16H16ClNO3S. The Kier molecular flexibility index (Phi) is 4.95. The van der Waals surface area contributed by atoms with Crippen LogP contribution in [0.1, 0.15) is 40.9 Å². The Morgan fingerprint density at radius 2 is 2.18 bits per heavy atom. The minimum Gasteiger partial charge on any atom is -0.490 e. The van der Waals surface area contributed by atoms with E-state index in [-0.39, 0.29) is 12.7 Å². The summed E-state index contributed by atoms with van der Waals surface area (Å²) in [5, 5.41) is 0.489. The van der Waals surface area contributed by atoms with E-state index in [1.54, 1.807) is 29.9 Å². The van der Waals surface area contributed by atoms with Crippen molar-refractivity contribution in [2.24, 2.45) is 0 Å². The van der Waals surface area contributed by atoms with Crippen molar-refractivity contribution in [3.05, 3.63) is 45.4 Å². The molecule has 0 atom stereocenters. The molecule has 0 aliphatic heterocycles. The van der Waals surface area contributed by atoms with Crippen LogP contribution in [0, 0.1) is 0 Å². The molecule has 1 aliphatic rings. The van der Waals surface area contributed by atoms with Crippen molar-refractivity contribution in [1.82, 2.24) is 4.98 Å². The van der Waals surface area contributed by atoms with Gasteiger partial charge in [0.25, 0.3) is 0 Å². The van der Waals surface area contributed by atoms with E-state index in [4.69, 9.17) is 21.1 Å². The lowest BCUT2D eigenvalue weighted by Crippen LogP contribution is -2.14. The van der Waals surface area contributed by atoms with Crippen LogP contribution in [0.4, 0.5) is 0 Å². The lowest BCUT2D eigenvalue weighted by molar-refractivity contribution is 0.0469. The summed E-state index contributed by atoms with van der Waals surface area (Å²) in [6.07, 6.45) is 6.25. The Morgan fingerprint density at radius 3 is 2.91 bits per heavy atom. The van der Waals surface area contributed by atoms with Gasteiger partial charge in [0.2, 0.25) is 0 Å². The van der Waals surface area contributed by atoms with Gasteiger partial charge < -0.3 is 9.47 Å². The number of hydrogen-bond donors (Lipinski definition) is 0. The fourth-order valence-electron chi connectivity index (χ4n) is 2.48. The van der Waals surface area contributed by atoms with Crippen LogP contribution in [-0.2, 0) is 11.3 Å². The van der Waals surface area contributed by atoms with Gasteiger partial charge in [-0.3, -0.25) is 4.98 Å². The maximum Gasteiger partial charge on any atom is 0.342 e. The van der Waals surface area contributed by atoms with Gasteiger partial charge in [0, 0.05) is 11.2 Å². The van der Waals surface area contributed by atoms with Crippen LogP contribution in [0.15, 0.2) is 29.9 Å². The molecule has 0 spiro atoms. The monoisotopic (exact) mass is 337 g/mol. The highest BCUT2D eigenvalue weighted by Crippen LogP contribution is 2.29. The summed E-state index contributed by atoms with van der Waals surface area (Å²) in [5.41, 5.74) is 2.08. The first kappa shape index (κ1) is 15.3. The second kappa shape index (κ2) is 7.11. The minimum atomic E-state index is -0.427. The SMILES string of the molecule is O=C(OCc1cncs1)c1cc(Cl)ccc1OC1CCCC1. The van der Waals surface area contributed by atoms with Gasteiger partial charge in [0.05, 0.1) is 16.5 Å². The van der Waals surface area contributed by atoms with Crippen LogP contribution in [0.3, 0.4) is 0 Å². The number of rotatable bonds is 5. The molecule has 0 bridgehead atoms. The van der Waals surface area contributed by atoms with Crippen molar-refractivity contribution in [3.8, 4) is 5.75 Å². The van der Waals surface area contributed by atoms with Crippen molar-refractivity contribution in [2.75, 3.05) is 0 Å². The van der Waals surface area contributed by atoms with E-state index < -0.39 is 5.97 Å². The van der Waals surface area contributed by atoms with Crippen molar-refractivity contribution < 1.29 is 14.3 Å². The molecule has 0 unspecified atom stereocenters. The Labute approximate surface area is 138 Å². The van der Waals surface area contributed by atoms with Crippen LogP contribution in [0.25, 0.3) is 0 Å². The molecule has 0 amide bonds. The number of esters is 1. The van der Waals surface area contributed by atoms with Crippen molar-refractivity contribution in [3.63, 3.8) is 0 Å². The number of aromatic nitrogens is 1. The largest absolute Gasteiger partial charge is 0.490 e. The van der Waals surface area contributed by atoms with Crippen molar-refractivity contribution >= 4 is 28.9 Å². The maximum atomic E-state index is 12.3. The standard InChI is InChI=1S/C16H16ClNO3S/c17-11-5-6-15(21-12-3-1-2-4-12)14(7-11)16(19)20-9-13-8-18-10-22-13/h5-8,10,12H,1-4,9H2. The third kappa shape index (κ3) is 3.78. The van der Waals surface area contributed by atoms with Crippen LogP contribution < -0.4 is 4.74 Å². The molecule has 1 aliphatic carbocycles. The first-order chi connectivity index (χ1) is 10.7. The average Bonchev–Trinajstić information content (AvgIpc) is 3.20. The third-order valence-corrected chi connectivity index (χ3v) is 4.57. The van der Waals surface area contributed by atoms with E-state index in [1.807, 2.05) is 0 Å². The summed E-state index contributed by atoms with van der Waals surface area (Å²) in [5.74, 6) is 0.120. The average molecular weight is 338 g/mol. The molecule has 0 N–H and O–H groups in total. The molecule has 4 nitrogen and oxygen atoms in total. The zero-order chi connectivity index (χ0) is 15.4. The maximum absolute atomic E-state index is 12.3. The highest BCUT2D eigenvalue weighted by Gasteiger charge is 2.21. The van der Waals surface area contributed by atoms with E-state index in [0.29, 0.717) is 16.3 Å². The fourth-order valence-corrected chi connectivity index (χ4v) is 3.16. The molecule has 0 saturated heterocycles. The highest BCUT2D eigenvalue weighted by atomic mass is 35.5. The first-order valence-corrected chi connectivity index (χ1v) is 8.49. The fraction of sp³-hybridized carbons (Fsp3) is 0.375. The lowest BCUT2D eigenvalue weighted by atomic mass is 10.2. The van der Waals surface area contributed by atoms with E-state index in [2.05, 4.69) is 4.98 Å². The molecule has 1 aromatic heterocycles. The molecule has 1 saturated carbocycles. The lowest BCUT2D eigenvalue weighted by Gasteiger charge is -2.16. The summed E-state index contributed by atoms with van der Waals surface area (Å²) in [6.45, 7) is 0.207. The molecule has 0 radical (unpaired) electrons. The van der Waals surface area contributed by atoms with Crippen molar-refractivity contribution in [2.45, 2.75) is 38.4 Å². The molecule has 2 aromatic rings. The van der Waals surface area contributed by atoms with Gasteiger partial charge in [-0.2, -0.15) is 0 Å². The highest BCUT2D eigenvalue weighted by molar-refractivity contribution is 7.09. The van der Waals surface area contributed by atoms with Crippen LogP contribution in [0.2, 0.25) is 5.02 Å². The number of nitrogens with zero attached hydrogens (tertiary/aromatic N) is 1. The zero-order valence-corrected chi connectivity index (χ0v) is 13.5. The Bertz CT molecular complexity index is 639. The van der Waals surface area contributed by atoms with E-state index in [0.717, 1.165) is 17.7 Å². The summed E-state index contributed by atoms with van der Waals surface area (Å²) in [7, 11) is 0. The van der Waals surface area contributed by atoms with Crippen LogP contribution in [0.5, 0.6) is 5.75 Å². The molecule has 116 valence electrons. The van der Waals surface area contributed by atoms with Gasteiger partial charge in [-0.1, -0.05) is 11.6 Å². The van der Waals surface area contributed by atoms with Gasteiger partial charge in [-0.25, -0.2) is 4.79 Å². The summed E-state index contributed by atoms with van der Waals surface area (Å²) >= 11 is 7.45. The number of carbonyl (C=O) groups is 1.